The summed E-state index contributed by atoms with van der Waals surface area (Å²) in [5, 5.41) is 0. The Kier molecular flexibility index (Phi) is 5.71. The Hall–Kier alpha value is -2.15. The van der Waals surface area contributed by atoms with Gasteiger partial charge in [-0.1, -0.05) is 80.1 Å². The van der Waals surface area contributed by atoms with Crippen LogP contribution < -0.4 is 0 Å². The molecule has 0 aliphatic rings. The Morgan fingerprint density at radius 1 is 0.864 bits per heavy atom. The predicted octanol–water partition coefficient (Wildman–Crippen LogP) is 5.97. The summed E-state index contributed by atoms with van der Waals surface area (Å²) in [7, 11) is 0. The molecule has 0 aliphatic carbocycles. The van der Waals surface area contributed by atoms with Crippen LogP contribution in [0.15, 0.2) is 71.2 Å². The van der Waals surface area contributed by atoms with E-state index in [4.69, 9.17) is 4.99 Å². The van der Waals surface area contributed by atoms with Crippen LogP contribution in [0.2, 0.25) is 0 Å². The molecule has 0 N–H and O–H groups in total. The highest BCUT2D eigenvalue weighted by atomic mass is 14.8. The minimum absolute atomic E-state index is 0.431. The van der Waals surface area contributed by atoms with Gasteiger partial charge in [0.2, 0.25) is 0 Å². The third kappa shape index (κ3) is 3.94. The second-order valence-electron chi connectivity index (χ2n) is 5.89. The quantitative estimate of drug-likeness (QED) is 0.601. The van der Waals surface area contributed by atoms with E-state index >= 15 is 0 Å². The largest absolute Gasteiger partial charge is 0.252 e. The molecular weight excluding hydrogens is 266 g/mol. The van der Waals surface area contributed by atoms with E-state index in [1.807, 2.05) is 6.07 Å². The molecule has 0 saturated heterocycles. The molecule has 0 spiro atoms. The van der Waals surface area contributed by atoms with E-state index in [0.29, 0.717) is 5.92 Å². The van der Waals surface area contributed by atoms with Crippen molar-refractivity contribution in [3.05, 3.63) is 77.4 Å². The lowest BCUT2D eigenvalue weighted by Gasteiger charge is -2.16. The molecular formula is C21H25N. The van der Waals surface area contributed by atoms with Crippen LogP contribution in [0.25, 0.3) is 5.70 Å². The number of hydrogen-bond donors (Lipinski definition) is 0. The van der Waals surface area contributed by atoms with Crippen molar-refractivity contribution in [1.29, 1.82) is 0 Å². The van der Waals surface area contributed by atoms with E-state index in [0.717, 1.165) is 12.1 Å². The van der Waals surface area contributed by atoms with Gasteiger partial charge in [-0.2, -0.15) is 0 Å². The van der Waals surface area contributed by atoms with E-state index in [9.17, 15) is 0 Å². The minimum atomic E-state index is 0.431. The van der Waals surface area contributed by atoms with Crippen LogP contribution in [0, 0.1) is 5.92 Å². The van der Waals surface area contributed by atoms with Gasteiger partial charge in [-0.15, -0.1) is 0 Å². The number of benzene rings is 2. The molecule has 1 nitrogen and oxygen atoms in total. The van der Waals surface area contributed by atoms with Gasteiger partial charge in [-0.3, -0.25) is 4.99 Å². The second kappa shape index (κ2) is 7.74. The molecule has 114 valence electrons. The lowest BCUT2D eigenvalue weighted by molar-refractivity contribution is 0.740. The molecule has 0 heterocycles. The first-order valence-electron chi connectivity index (χ1n) is 8.00. The van der Waals surface area contributed by atoms with E-state index in [1.54, 1.807) is 0 Å². The summed E-state index contributed by atoms with van der Waals surface area (Å²) < 4.78 is 0. The maximum absolute atomic E-state index is 5.08. The standard InChI is InChI=1S/C21H25N/c1-5-17(4)21(19-14-10-7-11-15-19)22-20(16(2)3)18-12-8-6-9-13-18/h6-15,17H,5H2,1-4H3. The van der Waals surface area contributed by atoms with Gasteiger partial charge in [0.05, 0.1) is 11.4 Å². The van der Waals surface area contributed by atoms with Crippen LogP contribution in [0.3, 0.4) is 0 Å². The van der Waals surface area contributed by atoms with E-state index in [-0.39, 0.29) is 0 Å². The summed E-state index contributed by atoms with van der Waals surface area (Å²) in [5.41, 5.74) is 5.89. The molecule has 0 bridgehead atoms. The fourth-order valence-electron chi connectivity index (χ4n) is 2.44. The van der Waals surface area contributed by atoms with Gasteiger partial charge in [0, 0.05) is 5.56 Å². The molecule has 2 aromatic rings. The van der Waals surface area contributed by atoms with Crippen molar-refractivity contribution in [1.82, 2.24) is 0 Å². The van der Waals surface area contributed by atoms with Crippen LogP contribution in [-0.4, -0.2) is 5.71 Å². The molecule has 1 heteroatoms. The molecule has 0 radical (unpaired) electrons. The van der Waals surface area contributed by atoms with Crippen LogP contribution >= 0.6 is 0 Å². The smallest absolute Gasteiger partial charge is 0.0692 e. The Bertz CT molecular complexity index is 647. The monoisotopic (exact) mass is 291 g/mol. The molecule has 2 aromatic carbocycles. The van der Waals surface area contributed by atoms with E-state index in [2.05, 4.69) is 82.3 Å². The van der Waals surface area contributed by atoms with Crippen LogP contribution in [0.4, 0.5) is 0 Å². The van der Waals surface area contributed by atoms with Gasteiger partial charge in [0.25, 0.3) is 0 Å². The molecule has 1 atom stereocenters. The fourth-order valence-corrected chi connectivity index (χ4v) is 2.44. The first-order valence-corrected chi connectivity index (χ1v) is 8.00. The number of nitrogens with zero attached hydrogens (tertiary/aromatic N) is 1. The van der Waals surface area contributed by atoms with Gasteiger partial charge in [0.15, 0.2) is 0 Å². The third-order valence-corrected chi connectivity index (χ3v) is 3.90. The minimum Gasteiger partial charge on any atom is -0.252 e. The van der Waals surface area contributed by atoms with Crippen molar-refractivity contribution in [3.63, 3.8) is 0 Å². The Labute approximate surface area is 134 Å². The van der Waals surface area contributed by atoms with Gasteiger partial charge in [-0.05, 0) is 31.7 Å². The SMILES string of the molecule is CCC(C)C(=NC(=C(C)C)c1ccccc1)c1ccccc1. The average molecular weight is 291 g/mol. The molecule has 2 rings (SSSR count). The maximum Gasteiger partial charge on any atom is 0.0692 e. The zero-order valence-corrected chi connectivity index (χ0v) is 14.0. The Morgan fingerprint density at radius 2 is 1.36 bits per heavy atom. The zero-order chi connectivity index (χ0) is 15.9. The summed E-state index contributed by atoms with van der Waals surface area (Å²) >= 11 is 0. The molecule has 0 saturated carbocycles. The molecule has 0 amide bonds. The lowest BCUT2D eigenvalue weighted by atomic mass is 9.95. The number of rotatable bonds is 5. The van der Waals surface area contributed by atoms with Crippen molar-refractivity contribution in [2.75, 3.05) is 0 Å². The van der Waals surface area contributed by atoms with E-state index in [1.165, 1.54) is 22.4 Å². The zero-order valence-electron chi connectivity index (χ0n) is 14.0. The van der Waals surface area contributed by atoms with Crippen LogP contribution in [-0.2, 0) is 0 Å². The van der Waals surface area contributed by atoms with Crippen LogP contribution in [0.5, 0.6) is 0 Å². The highest BCUT2D eigenvalue weighted by Crippen LogP contribution is 2.24. The highest BCUT2D eigenvalue weighted by Gasteiger charge is 2.13. The average Bonchev–Trinajstić information content (AvgIpc) is 2.56. The van der Waals surface area contributed by atoms with Gasteiger partial charge >= 0.3 is 0 Å². The summed E-state index contributed by atoms with van der Waals surface area (Å²) in [4.78, 5) is 5.08. The van der Waals surface area contributed by atoms with Crippen molar-refractivity contribution < 1.29 is 0 Å². The van der Waals surface area contributed by atoms with Crippen LogP contribution in [0.1, 0.15) is 45.2 Å². The third-order valence-electron chi connectivity index (χ3n) is 3.90. The van der Waals surface area contributed by atoms with Crippen molar-refractivity contribution in [2.45, 2.75) is 34.1 Å². The Balaban J connectivity index is 2.54. The maximum atomic E-state index is 5.08. The molecule has 0 fully saturated rings. The summed E-state index contributed by atoms with van der Waals surface area (Å²) in [6.07, 6.45) is 1.08. The normalized spacial score (nSPS) is 12.8. The first kappa shape index (κ1) is 16.2. The van der Waals surface area contributed by atoms with E-state index < -0.39 is 0 Å². The number of aliphatic imine (C=N–C) groups is 1. The van der Waals surface area contributed by atoms with Crippen molar-refractivity contribution >= 4 is 11.4 Å². The number of hydrogen-bond acceptors (Lipinski definition) is 1. The summed E-state index contributed by atoms with van der Waals surface area (Å²) in [5.74, 6) is 0.431. The van der Waals surface area contributed by atoms with Crippen molar-refractivity contribution in [2.24, 2.45) is 10.9 Å². The molecule has 0 aromatic heterocycles. The van der Waals surface area contributed by atoms with Crippen molar-refractivity contribution in [3.8, 4) is 0 Å². The predicted molar refractivity (Wildman–Crippen MR) is 97.1 cm³/mol. The fraction of sp³-hybridized carbons (Fsp3) is 0.286. The molecule has 1 unspecified atom stereocenters. The first-order chi connectivity index (χ1) is 10.6. The summed E-state index contributed by atoms with van der Waals surface area (Å²) in [6.45, 7) is 8.73. The Morgan fingerprint density at radius 3 is 1.82 bits per heavy atom. The van der Waals surface area contributed by atoms with Gasteiger partial charge in [0.1, 0.15) is 0 Å². The van der Waals surface area contributed by atoms with Gasteiger partial charge in [-0.25, -0.2) is 0 Å². The topological polar surface area (TPSA) is 12.4 Å². The van der Waals surface area contributed by atoms with Gasteiger partial charge < -0.3 is 0 Å². The molecule has 0 aliphatic heterocycles. The lowest BCUT2D eigenvalue weighted by Crippen LogP contribution is -2.12. The molecule has 22 heavy (non-hydrogen) atoms. The number of allylic oxidation sites excluding steroid dienone is 1. The summed E-state index contributed by atoms with van der Waals surface area (Å²) in [6, 6.07) is 21.0. The second-order valence-corrected chi connectivity index (χ2v) is 5.89. The highest BCUT2D eigenvalue weighted by molar-refractivity contribution is 6.04.